The number of imidazole rings is 1. The van der Waals surface area contributed by atoms with E-state index < -0.39 is 0 Å². The van der Waals surface area contributed by atoms with Crippen LogP contribution in [-0.2, 0) is 13.0 Å². The zero-order chi connectivity index (χ0) is 14.4. The second-order valence-corrected chi connectivity index (χ2v) is 6.52. The largest absolute Gasteiger partial charge is 0.344 e. The number of aromatic amines is 1. The summed E-state index contributed by atoms with van der Waals surface area (Å²) in [5, 5.41) is 4.33. The van der Waals surface area contributed by atoms with Gasteiger partial charge in [-0.3, -0.25) is 0 Å². The Morgan fingerprint density at radius 1 is 1.30 bits per heavy atom. The molecule has 0 saturated heterocycles. The highest BCUT2D eigenvalue weighted by Gasteiger charge is 2.20. The zero-order valence-electron chi connectivity index (χ0n) is 12.8. The van der Waals surface area contributed by atoms with E-state index in [9.17, 15) is 0 Å². The fraction of sp³-hybridized carbons (Fsp3) is 0.812. The third-order valence-electron chi connectivity index (χ3n) is 4.45. The molecule has 1 aliphatic carbocycles. The van der Waals surface area contributed by atoms with Crippen LogP contribution >= 0.6 is 11.6 Å². The maximum Gasteiger partial charge on any atom is 0.151 e. The molecule has 4 heteroatoms. The molecule has 2 unspecified atom stereocenters. The molecule has 114 valence electrons. The van der Waals surface area contributed by atoms with E-state index >= 15 is 0 Å². The van der Waals surface area contributed by atoms with Crippen molar-refractivity contribution in [2.45, 2.75) is 77.8 Å². The lowest BCUT2D eigenvalue weighted by Crippen LogP contribution is -2.33. The van der Waals surface area contributed by atoms with Crippen LogP contribution in [0.5, 0.6) is 0 Å². The Morgan fingerprint density at radius 3 is 2.90 bits per heavy atom. The van der Waals surface area contributed by atoms with Crippen LogP contribution in [0.1, 0.15) is 70.3 Å². The van der Waals surface area contributed by atoms with Gasteiger partial charge in [0.05, 0.1) is 5.69 Å². The van der Waals surface area contributed by atoms with Gasteiger partial charge in [-0.1, -0.05) is 51.1 Å². The van der Waals surface area contributed by atoms with Crippen molar-refractivity contribution < 1.29 is 0 Å². The maximum atomic E-state index is 6.23. The predicted octanol–water partition coefficient (Wildman–Crippen LogP) is 4.46. The first-order valence-corrected chi connectivity index (χ1v) is 8.55. The summed E-state index contributed by atoms with van der Waals surface area (Å²) >= 11 is 6.23. The molecule has 1 heterocycles. The molecule has 0 aliphatic heterocycles. The Labute approximate surface area is 127 Å². The molecular formula is C16H28ClN3. The summed E-state index contributed by atoms with van der Waals surface area (Å²) in [5.74, 6) is 1.79. The summed E-state index contributed by atoms with van der Waals surface area (Å²) in [6.07, 6.45) is 10.1. The molecule has 2 N–H and O–H groups in total. The number of hydrogen-bond acceptors (Lipinski definition) is 2. The minimum atomic E-state index is 0.621. The van der Waals surface area contributed by atoms with Gasteiger partial charge in [0, 0.05) is 19.0 Å². The average molecular weight is 298 g/mol. The van der Waals surface area contributed by atoms with Crippen LogP contribution in [-0.4, -0.2) is 16.0 Å². The van der Waals surface area contributed by atoms with Gasteiger partial charge in [-0.15, -0.1) is 0 Å². The van der Waals surface area contributed by atoms with E-state index in [-0.39, 0.29) is 0 Å². The van der Waals surface area contributed by atoms with Crippen molar-refractivity contribution >= 4 is 11.6 Å². The molecule has 2 atom stereocenters. The number of nitrogens with zero attached hydrogens (tertiary/aromatic N) is 1. The summed E-state index contributed by atoms with van der Waals surface area (Å²) < 4.78 is 0. The lowest BCUT2D eigenvalue weighted by molar-refractivity contribution is 0.355. The number of rotatable bonds is 6. The van der Waals surface area contributed by atoms with Gasteiger partial charge in [-0.25, -0.2) is 4.98 Å². The van der Waals surface area contributed by atoms with Gasteiger partial charge >= 0.3 is 0 Å². The highest BCUT2D eigenvalue weighted by atomic mass is 35.5. The van der Waals surface area contributed by atoms with Gasteiger partial charge in [0.2, 0.25) is 0 Å². The van der Waals surface area contributed by atoms with E-state index in [2.05, 4.69) is 29.1 Å². The second-order valence-electron chi connectivity index (χ2n) is 6.16. The van der Waals surface area contributed by atoms with Crippen LogP contribution in [0, 0.1) is 5.92 Å². The molecule has 1 aliphatic rings. The van der Waals surface area contributed by atoms with Gasteiger partial charge in [0.15, 0.2) is 5.15 Å². The molecule has 0 amide bonds. The molecule has 2 rings (SSSR count). The quantitative estimate of drug-likeness (QED) is 0.761. The number of aromatic nitrogens is 2. The van der Waals surface area contributed by atoms with Gasteiger partial charge in [0.25, 0.3) is 0 Å². The fourth-order valence-corrected chi connectivity index (χ4v) is 3.26. The Balaban J connectivity index is 1.87. The fourth-order valence-electron chi connectivity index (χ4n) is 3.05. The van der Waals surface area contributed by atoms with E-state index in [1.807, 2.05) is 0 Å². The van der Waals surface area contributed by atoms with E-state index in [4.69, 9.17) is 11.6 Å². The van der Waals surface area contributed by atoms with Gasteiger partial charge in [-0.05, 0) is 25.2 Å². The van der Waals surface area contributed by atoms with Gasteiger partial charge in [0.1, 0.15) is 5.82 Å². The van der Waals surface area contributed by atoms with Crippen LogP contribution in [0.25, 0.3) is 0 Å². The van der Waals surface area contributed by atoms with Gasteiger partial charge in [-0.2, -0.15) is 0 Å². The van der Waals surface area contributed by atoms with E-state index in [0.717, 1.165) is 36.8 Å². The highest BCUT2D eigenvalue weighted by molar-refractivity contribution is 6.30. The average Bonchev–Trinajstić information content (AvgIpc) is 2.65. The molecule has 0 radical (unpaired) electrons. The first-order valence-electron chi connectivity index (χ1n) is 8.17. The van der Waals surface area contributed by atoms with E-state index in [1.165, 1.54) is 38.5 Å². The van der Waals surface area contributed by atoms with Crippen molar-refractivity contribution in [3.05, 3.63) is 16.7 Å². The summed E-state index contributed by atoms with van der Waals surface area (Å²) in [6, 6.07) is 0.621. The summed E-state index contributed by atoms with van der Waals surface area (Å²) in [7, 11) is 0. The summed E-state index contributed by atoms with van der Waals surface area (Å²) in [4.78, 5) is 7.80. The molecule has 1 fully saturated rings. The first-order chi connectivity index (χ1) is 9.70. The SMILES string of the molecule is CCCCc1nc(Cl)c(CNC2CCCCCC2C)[nH]1. The second kappa shape index (κ2) is 8.04. The number of H-pyrrole nitrogens is 1. The van der Waals surface area contributed by atoms with Crippen molar-refractivity contribution in [2.24, 2.45) is 5.92 Å². The third-order valence-corrected chi connectivity index (χ3v) is 4.76. The van der Waals surface area contributed by atoms with E-state index in [1.54, 1.807) is 0 Å². The number of aryl methyl sites for hydroxylation is 1. The summed E-state index contributed by atoms with van der Waals surface area (Å²) in [5.41, 5.74) is 1.05. The third kappa shape index (κ3) is 4.49. The zero-order valence-corrected chi connectivity index (χ0v) is 13.6. The molecule has 0 aromatic carbocycles. The highest BCUT2D eigenvalue weighted by Crippen LogP contribution is 2.23. The van der Waals surface area contributed by atoms with Crippen molar-refractivity contribution in [1.82, 2.24) is 15.3 Å². The van der Waals surface area contributed by atoms with Crippen LogP contribution < -0.4 is 5.32 Å². The molecule has 20 heavy (non-hydrogen) atoms. The number of unbranched alkanes of at least 4 members (excludes halogenated alkanes) is 1. The molecular weight excluding hydrogens is 270 g/mol. The Kier molecular flexibility index (Phi) is 6.37. The first kappa shape index (κ1) is 15.8. The van der Waals surface area contributed by atoms with Crippen LogP contribution in [0.4, 0.5) is 0 Å². The van der Waals surface area contributed by atoms with Crippen LogP contribution in [0.3, 0.4) is 0 Å². The lowest BCUT2D eigenvalue weighted by atomic mass is 9.97. The number of nitrogens with one attached hydrogen (secondary N) is 2. The summed E-state index contributed by atoms with van der Waals surface area (Å²) in [6.45, 7) is 5.37. The molecule has 0 bridgehead atoms. The lowest BCUT2D eigenvalue weighted by Gasteiger charge is -2.22. The van der Waals surface area contributed by atoms with Crippen molar-refractivity contribution in [3.63, 3.8) is 0 Å². The maximum absolute atomic E-state index is 6.23. The van der Waals surface area contributed by atoms with E-state index in [0.29, 0.717) is 11.2 Å². The Morgan fingerprint density at radius 2 is 2.10 bits per heavy atom. The minimum Gasteiger partial charge on any atom is -0.344 e. The molecule has 1 aromatic heterocycles. The van der Waals surface area contributed by atoms with Crippen molar-refractivity contribution in [1.29, 1.82) is 0 Å². The Bertz CT molecular complexity index is 402. The number of hydrogen-bond donors (Lipinski definition) is 2. The number of halogens is 1. The van der Waals surface area contributed by atoms with Crippen LogP contribution in [0.15, 0.2) is 0 Å². The predicted molar refractivity (Wildman–Crippen MR) is 85.1 cm³/mol. The van der Waals surface area contributed by atoms with Crippen molar-refractivity contribution in [2.75, 3.05) is 0 Å². The molecule has 3 nitrogen and oxygen atoms in total. The van der Waals surface area contributed by atoms with Gasteiger partial charge < -0.3 is 10.3 Å². The molecule has 0 spiro atoms. The minimum absolute atomic E-state index is 0.621. The van der Waals surface area contributed by atoms with Crippen molar-refractivity contribution in [3.8, 4) is 0 Å². The topological polar surface area (TPSA) is 40.7 Å². The molecule has 1 aromatic rings. The van der Waals surface area contributed by atoms with Crippen LogP contribution in [0.2, 0.25) is 5.15 Å². The Hall–Kier alpha value is -0.540. The molecule has 1 saturated carbocycles. The normalized spacial score (nSPS) is 23.8. The monoisotopic (exact) mass is 297 g/mol. The smallest absolute Gasteiger partial charge is 0.151 e. The standard InChI is InChI=1S/C16H28ClN3/c1-3-4-10-15-19-14(16(17)20-15)11-18-13-9-7-5-6-8-12(13)2/h12-13,18H,3-11H2,1-2H3,(H,19,20).